The fourth-order valence-corrected chi connectivity index (χ4v) is 3.43. The quantitative estimate of drug-likeness (QED) is 0.728. The van der Waals surface area contributed by atoms with Crippen LogP contribution >= 0.6 is 0 Å². The molecular weight excluding hydrogens is 310 g/mol. The summed E-state index contributed by atoms with van der Waals surface area (Å²) in [5.41, 5.74) is 4.40. The van der Waals surface area contributed by atoms with Crippen LogP contribution in [-0.4, -0.2) is 39.4 Å². The van der Waals surface area contributed by atoms with Gasteiger partial charge in [-0.15, -0.1) is 0 Å². The van der Waals surface area contributed by atoms with Gasteiger partial charge in [-0.2, -0.15) is 15.4 Å². The summed E-state index contributed by atoms with van der Waals surface area (Å²) in [5.74, 6) is 0. The van der Waals surface area contributed by atoms with Crippen LogP contribution in [0.15, 0.2) is 60.7 Å². The maximum absolute atomic E-state index is 4.33. The van der Waals surface area contributed by atoms with E-state index < -0.39 is 0 Å². The third-order valence-corrected chi connectivity index (χ3v) is 4.75. The summed E-state index contributed by atoms with van der Waals surface area (Å²) in [7, 11) is 0. The second kappa shape index (κ2) is 7.59. The van der Waals surface area contributed by atoms with Crippen LogP contribution in [0.5, 0.6) is 0 Å². The molecule has 1 aromatic heterocycles. The minimum atomic E-state index is 0.504. The molecule has 2 aromatic carbocycles. The Morgan fingerprint density at radius 2 is 1.76 bits per heavy atom. The molecule has 0 saturated carbocycles. The molecule has 0 bridgehead atoms. The van der Waals surface area contributed by atoms with Crippen molar-refractivity contribution in [3.63, 3.8) is 0 Å². The second-order valence-corrected chi connectivity index (χ2v) is 6.57. The van der Waals surface area contributed by atoms with Crippen LogP contribution in [0.3, 0.4) is 0 Å². The lowest BCUT2D eigenvalue weighted by Gasteiger charge is -2.16. The van der Waals surface area contributed by atoms with Crippen molar-refractivity contribution in [3.8, 4) is 11.3 Å². The molecule has 128 valence electrons. The van der Waals surface area contributed by atoms with E-state index in [0.29, 0.717) is 6.04 Å². The van der Waals surface area contributed by atoms with E-state index in [1.54, 1.807) is 0 Å². The summed E-state index contributed by atoms with van der Waals surface area (Å²) in [5, 5.41) is 15.1. The van der Waals surface area contributed by atoms with E-state index in [1.807, 2.05) is 18.2 Å². The summed E-state index contributed by atoms with van der Waals surface area (Å²) in [6.45, 7) is 3.98. The van der Waals surface area contributed by atoms with Gasteiger partial charge in [-0.05, 0) is 12.0 Å². The number of H-pyrrole nitrogens is 1. The van der Waals surface area contributed by atoms with Gasteiger partial charge in [0.2, 0.25) is 0 Å². The summed E-state index contributed by atoms with van der Waals surface area (Å²) < 4.78 is 0. The van der Waals surface area contributed by atoms with Gasteiger partial charge in [0.15, 0.2) is 0 Å². The maximum atomic E-state index is 4.33. The number of hydrogen-bond donors (Lipinski definition) is 2. The van der Waals surface area contributed by atoms with Crippen LogP contribution in [0.25, 0.3) is 11.3 Å². The largest absolute Gasteiger partial charge is 0.307 e. The molecule has 2 N–H and O–H groups in total. The van der Waals surface area contributed by atoms with Crippen molar-refractivity contribution < 1.29 is 0 Å². The Bertz CT molecular complexity index is 784. The lowest BCUT2D eigenvalue weighted by atomic mass is 10.1. The molecule has 0 amide bonds. The average Bonchev–Trinajstić information content (AvgIpc) is 3.31. The number of aromatic nitrogens is 3. The van der Waals surface area contributed by atoms with Crippen molar-refractivity contribution in [1.29, 1.82) is 0 Å². The Hall–Kier alpha value is -2.50. The monoisotopic (exact) mass is 333 g/mol. The fraction of sp³-hybridized carbons (Fsp3) is 0.300. The van der Waals surface area contributed by atoms with Crippen LogP contribution in [0.4, 0.5) is 0 Å². The van der Waals surface area contributed by atoms with Gasteiger partial charge < -0.3 is 5.32 Å². The van der Waals surface area contributed by atoms with Gasteiger partial charge in [0.05, 0.1) is 0 Å². The molecule has 5 nitrogen and oxygen atoms in total. The van der Waals surface area contributed by atoms with Crippen LogP contribution in [0.2, 0.25) is 0 Å². The first kappa shape index (κ1) is 16.0. The molecular formula is C20H23N5. The van der Waals surface area contributed by atoms with Crippen molar-refractivity contribution in [2.24, 2.45) is 0 Å². The molecule has 2 heterocycles. The van der Waals surface area contributed by atoms with Gasteiger partial charge in [-0.1, -0.05) is 60.7 Å². The van der Waals surface area contributed by atoms with E-state index >= 15 is 0 Å². The summed E-state index contributed by atoms with van der Waals surface area (Å²) >= 11 is 0. The molecule has 4 rings (SSSR count). The third-order valence-electron chi connectivity index (χ3n) is 4.75. The Labute approximate surface area is 148 Å². The Balaban J connectivity index is 1.32. The minimum Gasteiger partial charge on any atom is -0.307 e. The summed E-state index contributed by atoms with van der Waals surface area (Å²) in [4.78, 5) is 2.51. The number of nitrogens with zero attached hydrogens (tertiary/aromatic N) is 3. The summed E-state index contributed by atoms with van der Waals surface area (Å²) in [6, 6.07) is 21.4. The van der Waals surface area contributed by atoms with Gasteiger partial charge in [0.1, 0.15) is 11.4 Å². The zero-order valence-corrected chi connectivity index (χ0v) is 14.2. The number of hydrogen-bond acceptors (Lipinski definition) is 4. The first-order chi connectivity index (χ1) is 12.4. The molecule has 1 atom stereocenters. The van der Waals surface area contributed by atoms with Gasteiger partial charge in [0, 0.05) is 37.8 Å². The highest BCUT2D eigenvalue weighted by Crippen LogP contribution is 2.19. The number of benzene rings is 2. The number of rotatable bonds is 6. The van der Waals surface area contributed by atoms with Crippen LogP contribution in [0.1, 0.15) is 17.7 Å². The summed E-state index contributed by atoms with van der Waals surface area (Å²) in [6.07, 6.45) is 1.17. The normalized spacial score (nSPS) is 17.8. The lowest BCUT2D eigenvalue weighted by Crippen LogP contribution is -2.32. The van der Waals surface area contributed by atoms with E-state index in [1.165, 1.54) is 12.0 Å². The molecule has 3 aromatic rings. The molecule has 0 spiro atoms. The Morgan fingerprint density at radius 3 is 2.56 bits per heavy atom. The highest BCUT2D eigenvalue weighted by atomic mass is 15.3. The second-order valence-electron chi connectivity index (χ2n) is 6.57. The standard InChI is InChI=1S/C20H23N5/c1-3-7-16(8-4-1)14-25-12-11-18(15-25)21-13-19-20(23-24-22-19)17-9-5-2-6-10-17/h1-10,18,21H,11-15H2,(H,22,23,24)/t18-/m0/s1. The SMILES string of the molecule is c1ccc(CN2CC[C@H](NCc3n[nH]nc3-c3ccccc3)C2)cc1. The first-order valence-corrected chi connectivity index (χ1v) is 8.83. The third kappa shape index (κ3) is 3.95. The average molecular weight is 333 g/mol. The smallest absolute Gasteiger partial charge is 0.117 e. The van der Waals surface area contributed by atoms with Gasteiger partial charge >= 0.3 is 0 Å². The number of likely N-dealkylation sites (tertiary alicyclic amines) is 1. The Kier molecular flexibility index (Phi) is 4.86. The molecule has 0 aliphatic carbocycles. The maximum Gasteiger partial charge on any atom is 0.117 e. The molecule has 0 unspecified atom stereocenters. The van der Waals surface area contributed by atoms with Gasteiger partial charge in [-0.3, -0.25) is 4.90 Å². The van der Waals surface area contributed by atoms with Crippen molar-refractivity contribution >= 4 is 0 Å². The van der Waals surface area contributed by atoms with Crippen molar-refractivity contribution in [1.82, 2.24) is 25.6 Å². The van der Waals surface area contributed by atoms with E-state index in [2.05, 4.69) is 68.1 Å². The molecule has 5 heteroatoms. The number of nitrogens with one attached hydrogen (secondary N) is 2. The van der Waals surface area contributed by atoms with Crippen LogP contribution < -0.4 is 5.32 Å². The zero-order chi connectivity index (χ0) is 16.9. The number of aromatic amines is 1. The minimum absolute atomic E-state index is 0.504. The molecule has 1 saturated heterocycles. The zero-order valence-electron chi connectivity index (χ0n) is 14.2. The van der Waals surface area contributed by atoms with Gasteiger partial charge in [0.25, 0.3) is 0 Å². The highest BCUT2D eigenvalue weighted by molar-refractivity contribution is 5.60. The fourth-order valence-electron chi connectivity index (χ4n) is 3.43. The molecule has 1 fully saturated rings. The molecule has 1 aliphatic heterocycles. The van der Waals surface area contributed by atoms with Crippen LogP contribution in [-0.2, 0) is 13.1 Å². The Morgan fingerprint density at radius 1 is 1.00 bits per heavy atom. The molecule has 25 heavy (non-hydrogen) atoms. The van der Waals surface area contributed by atoms with E-state index in [4.69, 9.17) is 0 Å². The topological polar surface area (TPSA) is 56.8 Å². The predicted octanol–water partition coefficient (Wildman–Crippen LogP) is 2.84. The van der Waals surface area contributed by atoms with Gasteiger partial charge in [-0.25, -0.2) is 0 Å². The van der Waals surface area contributed by atoms with Crippen molar-refractivity contribution in [2.75, 3.05) is 13.1 Å². The lowest BCUT2D eigenvalue weighted by molar-refractivity contribution is 0.319. The van der Waals surface area contributed by atoms with Crippen molar-refractivity contribution in [2.45, 2.75) is 25.6 Å². The highest BCUT2D eigenvalue weighted by Gasteiger charge is 2.22. The molecule has 1 aliphatic rings. The van der Waals surface area contributed by atoms with E-state index in [-0.39, 0.29) is 0 Å². The molecule has 0 radical (unpaired) electrons. The predicted molar refractivity (Wildman–Crippen MR) is 98.8 cm³/mol. The van der Waals surface area contributed by atoms with E-state index in [9.17, 15) is 0 Å². The van der Waals surface area contributed by atoms with Crippen LogP contribution in [0, 0.1) is 0 Å². The first-order valence-electron chi connectivity index (χ1n) is 8.83. The van der Waals surface area contributed by atoms with Crippen molar-refractivity contribution in [3.05, 3.63) is 71.9 Å². The van der Waals surface area contributed by atoms with E-state index in [0.717, 1.165) is 43.1 Å².